The smallest absolute Gasteiger partial charge is 0.246 e. The molecule has 1 aliphatic rings. The number of piperidine rings is 1. The maximum Gasteiger partial charge on any atom is 0.246 e. The quantitative estimate of drug-likeness (QED) is 0.702. The lowest BCUT2D eigenvalue weighted by atomic mass is 10.0. The molecule has 0 bridgehead atoms. The number of unbranched alkanes of at least 4 members (excludes halogenated alkanes) is 1. The Labute approximate surface area is 121 Å². The first-order valence-electron chi connectivity index (χ1n) is 7.41. The number of ether oxygens (including phenoxy) is 1. The second-order valence-electron chi connectivity index (χ2n) is 5.35. The zero-order valence-electron chi connectivity index (χ0n) is 12.6. The fourth-order valence-corrected chi connectivity index (χ4v) is 2.43. The zero-order valence-corrected chi connectivity index (χ0v) is 12.6. The molecule has 20 heavy (non-hydrogen) atoms. The summed E-state index contributed by atoms with van der Waals surface area (Å²) in [5, 5.41) is 2.91. The maximum absolute atomic E-state index is 12.1. The van der Waals surface area contributed by atoms with Crippen LogP contribution in [0.5, 0.6) is 0 Å². The molecule has 1 heterocycles. The molecule has 0 aromatic rings. The predicted molar refractivity (Wildman–Crippen MR) is 77.1 cm³/mol. The van der Waals surface area contributed by atoms with Gasteiger partial charge in [-0.1, -0.05) is 19.8 Å². The minimum atomic E-state index is -0.380. The van der Waals surface area contributed by atoms with Gasteiger partial charge in [-0.2, -0.15) is 0 Å². The Morgan fingerprint density at radius 3 is 2.60 bits per heavy atom. The molecular weight excluding hydrogens is 258 g/mol. The van der Waals surface area contributed by atoms with Gasteiger partial charge in [-0.05, 0) is 19.3 Å². The third kappa shape index (κ3) is 5.46. The average molecular weight is 285 g/mol. The number of amides is 2. The summed E-state index contributed by atoms with van der Waals surface area (Å²) < 4.78 is 4.78. The Hall–Kier alpha value is -1.14. The highest BCUT2D eigenvalue weighted by atomic mass is 16.5. The molecule has 1 atom stereocenters. The summed E-state index contributed by atoms with van der Waals surface area (Å²) in [6, 6.07) is -0.247. The third-order valence-electron chi connectivity index (χ3n) is 3.63. The fraction of sp³-hybridized carbons (Fsp3) is 0.857. The van der Waals surface area contributed by atoms with Crippen molar-refractivity contribution in [3.05, 3.63) is 0 Å². The van der Waals surface area contributed by atoms with E-state index in [1.54, 1.807) is 0 Å². The molecule has 1 saturated heterocycles. The summed E-state index contributed by atoms with van der Waals surface area (Å²) in [7, 11) is 1.50. The topological polar surface area (TPSA) is 84.7 Å². The van der Waals surface area contributed by atoms with Crippen LogP contribution in [0.15, 0.2) is 0 Å². The minimum Gasteiger partial charge on any atom is -0.375 e. The summed E-state index contributed by atoms with van der Waals surface area (Å²) in [4.78, 5) is 25.4. The van der Waals surface area contributed by atoms with Gasteiger partial charge < -0.3 is 20.7 Å². The zero-order chi connectivity index (χ0) is 15.0. The van der Waals surface area contributed by atoms with E-state index >= 15 is 0 Å². The van der Waals surface area contributed by atoms with Crippen molar-refractivity contribution in [1.82, 2.24) is 10.2 Å². The summed E-state index contributed by atoms with van der Waals surface area (Å²) in [5.41, 5.74) is 5.91. The van der Waals surface area contributed by atoms with Crippen molar-refractivity contribution in [3.8, 4) is 0 Å². The van der Waals surface area contributed by atoms with E-state index in [0.717, 1.165) is 32.1 Å². The van der Waals surface area contributed by atoms with E-state index in [1.807, 2.05) is 4.90 Å². The first-order chi connectivity index (χ1) is 9.58. The van der Waals surface area contributed by atoms with Crippen LogP contribution in [-0.4, -0.2) is 55.6 Å². The lowest BCUT2D eigenvalue weighted by molar-refractivity contribution is -0.134. The highest BCUT2D eigenvalue weighted by Gasteiger charge is 2.26. The van der Waals surface area contributed by atoms with Gasteiger partial charge >= 0.3 is 0 Å². The monoisotopic (exact) mass is 285 g/mol. The number of nitrogens with two attached hydrogens (primary N) is 1. The third-order valence-corrected chi connectivity index (χ3v) is 3.63. The highest BCUT2D eigenvalue weighted by molar-refractivity contribution is 5.81. The first kappa shape index (κ1) is 16.9. The van der Waals surface area contributed by atoms with Gasteiger partial charge in [0.1, 0.15) is 6.61 Å². The van der Waals surface area contributed by atoms with Crippen LogP contribution in [0.25, 0.3) is 0 Å². The van der Waals surface area contributed by atoms with Crippen LogP contribution >= 0.6 is 0 Å². The second-order valence-corrected chi connectivity index (χ2v) is 5.35. The van der Waals surface area contributed by atoms with Gasteiger partial charge in [-0.25, -0.2) is 0 Å². The lowest BCUT2D eigenvalue weighted by Gasteiger charge is -2.33. The van der Waals surface area contributed by atoms with Gasteiger partial charge in [0.2, 0.25) is 11.8 Å². The van der Waals surface area contributed by atoms with Crippen LogP contribution in [0.4, 0.5) is 0 Å². The van der Waals surface area contributed by atoms with Crippen LogP contribution < -0.4 is 11.1 Å². The van der Waals surface area contributed by atoms with Crippen molar-refractivity contribution in [2.24, 2.45) is 5.73 Å². The lowest BCUT2D eigenvalue weighted by Crippen LogP contribution is -2.51. The number of hydrogen-bond donors (Lipinski definition) is 2. The largest absolute Gasteiger partial charge is 0.375 e. The number of methoxy groups -OCH3 is 1. The van der Waals surface area contributed by atoms with Crippen molar-refractivity contribution in [2.75, 3.05) is 26.8 Å². The van der Waals surface area contributed by atoms with Crippen molar-refractivity contribution in [3.63, 3.8) is 0 Å². The molecule has 6 heteroatoms. The number of carbonyl (C=O) groups is 2. The molecule has 0 spiro atoms. The summed E-state index contributed by atoms with van der Waals surface area (Å²) >= 11 is 0. The van der Waals surface area contributed by atoms with Crippen molar-refractivity contribution >= 4 is 11.8 Å². The molecule has 116 valence electrons. The molecule has 0 aliphatic carbocycles. The molecule has 0 radical (unpaired) electrons. The normalized spacial score (nSPS) is 17.9. The van der Waals surface area contributed by atoms with E-state index < -0.39 is 0 Å². The molecule has 6 nitrogen and oxygen atoms in total. The Bertz CT molecular complexity index is 315. The molecule has 0 aromatic heterocycles. The number of nitrogens with one attached hydrogen (secondary N) is 1. The van der Waals surface area contributed by atoms with Crippen LogP contribution in [0, 0.1) is 0 Å². The summed E-state index contributed by atoms with van der Waals surface area (Å²) in [5.74, 6) is -0.0583. The average Bonchev–Trinajstić information content (AvgIpc) is 2.45. The van der Waals surface area contributed by atoms with Gasteiger partial charge in [0, 0.05) is 26.2 Å². The summed E-state index contributed by atoms with van der Waals surface area (Å²) in [6.07, 6.45) is 4.34. The van der Waals surface area contributed by atoms with E-state index in [-0.39, 0.29) is 30.5 Å². The van der Waals surface area contributed by atoms with Gasteiger partial charge in [-0.15, -0.1) is 0 Å². The number of likely N-dealkylation sites (tertiary alicyclic amines) is 1. The van der Waals surface area contributed by atoms with Gasteiger partial charge in [0.15, 0.2) is 0 Å². The Morgan fingerprint density at radius 2 is 2.05 bits per heavy atom. The van der Waals surface area contributed by atoms with Crippen LogP contribution in [0.3, 0.4) is 0 Å². The van der Waals surface area contributed by atoms with Gasteiger partial charge in [0.05, 0.1) is 6.04 Å². The molecule has 1 aliphatic heterocycles. The van der Waals surface area contributed by atoms with E-state index in [4.69, 9.17) is 10.5 Å². The van der Waals surface area contributed by atoms with Crippen molar-refractivity contribution in [2.45, 2.75) is 51.1 Å². The highest BCUT2D eigenvalue weighted by Crippen LogP contribution is 2.12. The molecule has 2 amide bonds. The van der Waals surface area contributed by atoms with E-state index in [2.05, 4.69) is 12.2 Å². The molecular formula is C14H27N3O3. The molecule has 1 rings (SSSR count). The minimum absolute atomic E-state index is 0.0418. The Morgan fingerprint density at radius 1 is 1.40 bits per heavy atom. The molecule has 0 aromatic carbocycles. The Balaban J connectivity index is 2.30. The molecule has 0 unspecified atom stereocenters. The van der Waals surface area contributed by atoms with E-state index in [9.17, 15) is 9.59 Å². The Kier molecular flexibility index (Phi) is 7.54. The van der Waals surface area contributed by atoms with E-state index in [1.165, 1.54) is 7.11 Å². The maximum atomic E-state index is 12.1. The summed E-state index contributed by atoms with van der Waals surface area (Å²) in [6.45, 7) is 3.50. The standard InChI is InChI=1S/C14H27N3O3/c1-3-4-5-12(15)14(19)17-8-6-11(7-9-17)16-13(18)10-20-2/h11-12H,3-10,15H2,1-2H3,(H,16,18)/t12-/m0/s1. The molecule has 3 N–H and O–H groups in total. The molecule has 1 fully saturated rings. The fourth-order valence-electron chi connectivity index (χ4n) is 2.43. The van der Waals surface area contributed by atoms with Crippen molar-refractivity contribution in [1.29, 1.82) is 0 Å². The number of nitrogens with zero attached hydrogens (tertiary/aromatic N) is 1. The van der Waals surface area contributed by atoms with Crippen LogP contribution in [0.1, 0.15) is 39.0 Å². The molecule has 0 saturated carbocycles. The number of hydrogen-bond acceptors (Lipinski definition) is 4. The van der Waals surface area contributed by atoms with Crippen molar-refractivity contribution < 1.29 is 14.3 Å². The second kappa shape index (κ2) is 8.92. The van der Waals surface area contributed by atoms with Crippen LogP contribution in [-0.2, 0) is 14.3 Å². The van der Waals surface area contributed by atoms with Gasteiger partial charge in [-0.3, -0.25) is 9.59 Å². The SMILES string of the molecule is CCCC[C@H](N)C(=O)N1CCC(NC(=O)COC)CC1. The number of carbonyl (C=O) groups excluding carboxylic acids is 2. The first-order valence-corrected chi connectivity index (χ1v) is 7.41. The van der Waals surface area contributed by atoms with E-state index in [0.29, 0.717) is 13.1 Å². The van der Waals surface area contributed by atoms with Gasteiger partial charge in [0.25, 0.3) is 0 Å². The predicted octanol–water partition coefficient (Wildman–Crippen LogP) is 0.258. The number of rotatable bonds is 7. The van der Waals surface area contributed by atoms with Crippen LogP contribution in [0.2, 0.25) is 0 Å².